The molecule has 1 atom stereocenters. The quantitative estimate of drug-likeness (QED) is 0.431. The minimum Gasteiger partial charge on any atom is -0.349 e. The van der Waals surface area contributed by atoms with Gasteiger partial charge in [0.25, 0.3) is 17.4 Å². The normalized spacial score (nSPS) is 13.6. The standard InChI is InChI=1S/C30H30F3N5O3/c1-5-6-16-38-28(41)24-18-37(27(40)22-9-7-21(8-10-22)26(39)36(3)4)17-15-25(24)35-29(38)34-19(2)20-11-13-23(14-12-20)30(31,32)33/h1,7-14,19H,6,15-18H2,2-4H3,(H,34,35)/t19-/m0/s1. The van der Waals surface area contributed by atoms with Crippen molar-refractivity contribution < 1.29 is 22.8 Å². The minimum atomic E-state index is -4.44. The number of amides is 2. The molecule has 4 rings (SSSR count). The van der Waals surface area contributed by atoms with Crippen molar-refractivity contribution in [3.63, 3.8) is 0 Å². The molecule has 214 valence electrons. The lowest BCUT2D eigenvalue weighted by atomic mass is 10.0. The largest absolute Gasteiger partial charge is 0.416 e. The first-order chi connectivity index (χ1) is 19.4. The summed E-state index contributed by atoms with van der Waals surface area (Å²) in [5, 5.41) is 3.16. The third kappa shape index (κ3) is 6.43. The molecule has 2 amide bonds. The van der Waals surface area contributed by atoms with Gasteiger partial charge in [-0.1, -0.05) is 12.1 Å². The van der Waals surface area contributed by atoms with Crippen LogP contribution < -0.4 is 10.9 Å². The predicted octanol–water partition coefficient (Wildman–Crippen LogP) is 4.36. The Morgan fingerprint density at radius 1 is 1.10 bits per heavy atom. The Balaban J connectivity index is 1.58. The molecule has 1 N–H and O–H groups in total. The first kappa shape index (κ1) is 29.4. The SMILES string of the molecule is C#CCCn1c(N[C@@H](C)c2ccc(C(F)(F)F)cc2)nc2c(c1=O)CN(C(=O)c1ccc(C(=O)N(C)C)cc1)CC2. The van der Waals surface area contributed by atoms with E-state index in [1.54, 1.807) is 50.2 Å². The average molecular weight is 566 g/mol. The van der Waals surface area contributed by atoms with Crippen LogP contribution in [0.3, 0.4) is 0 Å². The summed E-state index contributed by atoms with van der Waals surface area (Å²) in [5.74, 6) is 2.33. The molecular weight excluding hydrogens is 535 g/mol. The van der Waals surface area contributed by atoms with Crippen molar-refractivity contribution in [2.24, 2.45) is 0 Å². The number of alkyl halides is 3. The maximum atomic E-state index is 13.6. The van der Waals surface area contributed by atoms with Crippen molar-refractivity contribution in [2.45, 2.75) is 45.1 Å². The highest BCUT2D eigenvalue weighted by atomic mass is 19.4. The number of hydrogen-bond acceptors (Lipinski definition) is 5. The van der Waals surface area contributed by atoms with Gasteiger partial charge >= 0.3 is 6.18 Å². The number of nitrogens with zero attached hydrogens (tertiary/aromatic N) is 4. The third-order valence-corrected chi connectivity index (χ3v) is 6.95. The molecular formula is C30H30F3N5O3. The Labute approximate surface area is 235 Å². The van der Waals surface area contributed by atoms with Crippen LogP contribution in [0.1, 0.15) is 62.5 Å². The molecule has 0 radical (unpaired) electrons. The molecule has 1 aromatic heterocycles. The van der Waals surface area contributed by atoms with Gasteiger partial charge in [0.1, 0.15) is 0 Å². The second-order valence-corrected chi connectivity index (χ2v) is 10.0. The summed E-state index contributed by atoms with van der Waals surface area (Å²) in [7, 11) is 3.29. The summed E-state index contributed by atoms with van der Waals surface area (Å²) >= 11 is 0. The number of carbonyl (C=O) groups excluding carboxylic acids is 2. The molecule has 11 heteroatoms. The molecule has 41 heavy (non-hydrogen) atoms. The van der Waals surface area contributed by atoms with Crippen LogP contribution in [-0.2, 0) is 25.7 Å². The number of rotatable bonds is 7. The zero-order chi connectivity index (χ0) is 29.9. The average Bonchev–Trinajstić information content (AvgIpc) is 2.95. The lowest BCUT2D eigenvalue weighted by Crippen LogP contribution is -2.41. The number of hydrogen-bond donors (Lipinski definition) is 1. The van der Waals surface area contributed by atoms with Crippen LogP contribution in [-0.4, -0.2) is 51.8 Å². The van der Waals surface area contributed by atoms with Gasteiger partial charge in [-0.3, -0.25) is 19.0 Å². The number of carbonyl (C=O) groups is 2. The van der Waals surface area contributed by atoms with Crippen LogP contribution in [0.25, 0.3) is 0 Å². The summed E-state index contributed by atoms with van der Waals surface area (Å²) < 4.78 is 40.3. The fraction of sp³-hybridized carbons (Fsp3) is 0.333. The molecule has 0 saturated carbocycles. The number of nitrogens with one attached hydrogen (secondary N) is 1. The van der Waals surface area contributed by atoms with E-state index in [9.17, 15) is 27.6 Å². The number of terminal acetylenes is 1. The van der Waals surface area contributed by atoms with Crippen molar-refractivity contribution in [1.82, 2.24) is 19.4 Å². The summed E-state index contributed by atoms with van der Waals surface area (Å²) in [4.78, 5) is 46.7. The van der Waals surface area contributed by atoms with Gasteiger partial charge in [-0.2, -0.15) is 13.2 Å². The van der Waals surface area contributed by atoms with Crippen LogP contribution in [0.5, 0.6) is 0 Å². The fourth-order valence-corrected chi connectivity index (χ4v) is 4.62. The van der Waals surface area contributed by atoms with Crippen LogP contribution in [0, 0.1) is 12.3 Å². The molecule has 0 saturated heterocycles. The highest BCUT2D eigenvalue weighted by Crippen LogP contribution is 2.30. The molecule has 0 aliphatic carbocycles. The first-order valence-corrected chi connectivity index (χ1v) is 13.0. The molecule has 8 nitrogen and oxygen atoms in total. The van der Waals surface area contributed by atoms with E-state index in [0.717, 1.165) is 12.1 Å². The molecule has 0 unspecified atom stereocenters. The second-order valence-electron chi connectivity index (χ2n) is 10.0. The van der Waals surface area contributed by atoms with E-state index >= 15 is 0 Å². The van der Waals surface area contributed by atoms with Crippen LogP contribution >= 0.6 is 0 Å². The van der Waals surface area contributed by atoms with Gasteiger partial charge in [-0.25, -0.2) is 4.98 Å². The second kappa shape index (κ2) is 11.9. The minimum absolute atomic E-state index is 0.0587. The van der Waals surface area contributed by atoms with E-state index in [-0.39, 0.29) is 42.8 Å². The molecule has 3 aromatic rings. The zero-order valence-electron chi connectivity index (χ0n) is 23.0. The van der Waals surface area contributed by atoms with Gasteiger partial charge in [0.05, 0.1) is 29.4 Å². The van der Waals surface area contributed by atoms with Crippen LogP contribution in [0.4, 0.5) is 19.1 Å². The van der Waals surface area contributed by atoms with Gasteiger partial charge in [0, 0.05) is 51.2 Å². The van der Waals surface area contributed by atoms with E-state index in [4.69, 9.17) is 6.42 Å². The van der Waals surface area contributed by atoms with E-state index in [1.807, 2.05) is 0 Å². The Bertz CT molecular complexity index is 1540. The van der Waals surface area contributed by atoms with E-state index in [1.165, 1.54) is 21.6 Å². The number of anilines is 1. The van der Waals surface area contributed by atoms with Gasteiger partial charge in [0.15, 0.2) is 0 Å². The maximum Gasteiger partial charge on any atom is 0.416 e. The molecule has 1 aliphatic heterocycles. The summed E-state index contributed by atoms with van der Waals surface area (Å²) in [6, 6.07) is 10.7. The molecule has 2 heterocycles. The lowest BCUT2D eigenvalue weighted by Gasteiger charge is -2.29. The van der Waals surface area contributed by atoms with Crippen molar-refractivity contribution in [3.8, 4) is 12.3 Å². The summed E-state index contributed by atoms with van der Waals surface area (Å²) in [6.07, 6.45) is 1.61. The van der Waals surface area contributed by atoms with Crippen LogP contribution in [0.2, 0.25) is 0 Å². The topological polar surface area (TPSA) is 87.5 Å². The predicted molar refractivity (Wildman–Crippen MR) is 148 cm³/mol. The van der Waals surface area contributed by atoms with E-state index in [2.05, 4.69) is 16.2 Å². The fourth-order valence-electron chi connectivity index (χ4n) is 4.62. The summed E-state index contributed by atoms with van der Waals surface area (Å²) in [6.45, 7) is 2.33. The van der Waals surface area contributed by atoms with Gasteiger partial charge in [-0.05, 0) is 48.9 Å². The molecule has 0 fully saturated rings. The molecule has 0 spiro atoms. The van der Waals surface area contributed by atoms with Crippen molar-refractivity contribution >= 4 is 17.8 Å². The number of aromatic nitrogens is 2. The number of halogens is 3. The lowest BCUT2D eigenvalue weighted by molar-refractivity contribution is -0.137. The van der Waals surface area contributed by atoms with Gasteiger partial charge in [0.2, 0.25) is 5.95 Å². The number of benzene rings is 2. The Hall–Kier alpha value is -4.59. The smallest absolute Gasteiger partial charge is 0.349 e. The van der Waals surface area contributed by atoms with Crippen molar-refractivity contribution in [3.05, 3.63) is 92.4 Å². The van der Waals surface area contributed by atoms with Gasteiger partial charge in [-0.15, -0.1) is 12.3 Å². The highest BCUT2D eigenvalue weighted by Gasteiger charge is 2.30. The van der Waals surface area contributed by atoms with Gasteiger partial charge < -0.3 is 15.1 Å². The number of fused-ring (bicyclic) bond motifs is 1. The summed E-state index contributed by atoms with van der Waals surface area (Å²) in [5.41, 5.74) is 1.29. The highest BCUT2D eigenvalue weighted by molar-refractivity contribution is 5.97. The zero-order valence-corrected chi connectivity index (χ0v) is 23.0. The maximum absolute atomic E-state index is 13.6. The Kier molecular flexibility index (Phi) is 8.52. The Morgan fingerprint density at radius 2 is 1.73 bits per heavy atom. The van der Waals surface area contributed by atoms with Crippen molar-refractivity contribution in [2.75, 3.05) is 26.0 Å². The van der Waals surface area contributed by atoms with E-state index < -0.39 is 17.8 Å². The van der Waals surface area contributed by atoms with E-state index in [0.29, 0.717) is 40.9 Å². The Morgan fingerprint density at radius 3 is 2.32 bits per heavy atom. The monoisotopic (exact) mass is 565 g/mol. The molecule has 2 aromatic carbocycles. The third-order valence-electron chi connectivity index (χ3n) is 6.95. The van der Waals surface area contributed by atoms with Crippen LogP contribution in [0.15, 0.2) is 53.3 Å². The molecule has 1 aliphatic rings. The van der Waals surface area contributed by atoms with Crippen molar-refractivity contribution in [1.29, 1.82) is 0 Å². The molecule has 0 bridgehead atoms. The first-order valence-electron chi connectivity index (χ1n) is 13.0.